The number of para-hydroxylation sites is 1. The first-order chi connectivity index (χ1) is 18.1. The Hall–Kier alpha value is -2.87. The fourth-order valence-electron chi connectivity index (χ4n) is 6.89. The lowest BCUT2D eigenvalue weighted by atomic mass is 9.66. The van der Waals surface area contributed by atoms with Gasteiger partial charge in [-0.25, -0.2) is 4.79 Å². The van der Waals surface area contributed by atoms with Crippen LogP contribution in [0, 0.1) is 15.5 Å². The molecule has 1 aromatic carbocycles. The third-order valence-corrected chi connectivity index (χ3v) is 8.68. The summed E-state index contributed by atoms with van der Waals surface area (Å²) < 4.78 is 8.10. The van der Waals surface area contributed by atoms with E-state index < -0.39 is 5.09 Å². The number of fused-ring (bicyclic) bond motifs is 3. The number of carbonyl (C=O) groups is 1. The van der Waals surface area contributed by atoms with Crippen molar-refractivity contribution in [1.82, 2.24) is 9.47 Å². The molecule has 2 aromatic rings. The molecule has 8 nitrogen and oxygen atoms in total. The van der Waals surface area contributed by atoms with Crippen LogP contribution in [0.3, 0.4) is 0 Å². The van der Waals surface area contributed by atoms with Crippen LogP contribution in [0.2, 0.25) is 0 Å². The SMILES string of the molecule is CC[C@@]12C=C(C(=O)OCCCCCCCCCO[N+](=O)[O-])n3c4c(c5ccccc53)CCN(CCC1)[C@H]42. The zero-order chi connectivity index (χ0) is 25.8. The number of aromatic nitrogens is 1. The van der Waals surface area contributed by atoms with Crippen molar-refractivity contribution in [2.24, 2.45) is 5.41 Å². The Morgan fingerprint density at radius 1 is 1.08 bits per heavy atom. The molecule has 0 unspecified atom stereocenters. The molecule has 4 heterocycles. The van der Waals surface area contributed by atoms with Crippen molar-refractivity contribution in [2.75, 3.05) is 26.3 Å². The molecule has 2 atom stereocenters. The van der Waals surface area contributed by atoms with Crippen molar-refractivity contribution in [2.45, 2.75) is 83.6 Å². The van der Waals surface area contributed by atoms with E-state index >= 15 is 0 Å². The second kappa shape index (κ2) is 11.3. The summed E-state index contributed by atoms with van der Waals surface area (Å²) in [5.41, 5.74) is 4.55. The maximum Gasteiger partial charge on any atom is 0.355 e. The summed E-state index contributed by atoms with van der Waals surface area (Å²) in [6.07, 6.45) is 13.3. The number of hydrogen-bond acceptors (Lipinski definition) is 6. The van der Waals surface area contributed by atoms with Gasteiger partial charge in [0.15, 0.2) is 0 Å². The molecule has 1 saturated heterocycles. The van der Waals surface area contributed by atoms with E-state index in [1.54, 1.807) is 0 Å². The van der Waals surface area contributed by atoms with Gasteiger partial charge in [0.1, 0.15) is 5.70 Å². The number of esters is 1. The number of ether oxygens (including phenoxy) is 1. The lowest BCUT2D eigenvalue weighted by molar-refractivity contribution is -0.757. The van der Waals surface area contributed by atoms with Crippen molar-refractivity contribution < 1.29 is 19.5 Å². The fourth-order valence-corrected chi connectivity index (χ4v) is 6.89. The summed E-state index contributed by atoms with van der Waals surface area (Å²) in [6.45, 7) is 5.10. The Morgan fingerprint density at radius 3 is 2.57 bits per heavy atom. The van der Waals surface area contributed by atoms with Crippen LogP contribution in [0.25, 0.3) is 16.6 Å². The van der Waals surface area contributed by atoms with Crippen LogP contribution >= 0.6 is 0 Å². The molecule has 0 bridgehead atoms. The Labute approximate surface area is 218 Å². The molecule has 1 fully saturated rings. The van der Waals surface area contributed by atoms with Gasteiger partial charge in [-0.3, -0.25) is 4.90 Å². The Kier molecular flexibility index (Phi) is 7.84. The molecule has 3 aliphatic rings. The van der Waals surface area contributed by atoms with Crippen molar-refractivity contribution >= 4 is 22.6 Å². The molecular formula is C29H39N3O5. The molecule has 8 heteroatoms. The molecule has 0 N–H and O–H groups in total. The van der Waals surface area contributed by atoms with Crippen LogP contribution in [0.1, 0.15) is 88.4 Å². The summed E-state index contributed by atoms with van der Waals surface area (Å²) in [5, 5.41) is 10.7. The minimum absolute atomic E-state index is 0.0170. The Bertz CT molecular complexity index is 1170. The highest BCUT2D eigenvalue weighted by Gasteiger charge is 2.51. The van der Waals surface area contributed by atoms with Crippen LogP contribution in [0.4, 0.5) is 0 Å². The summed E-state index contributed by atoms with van der Waals surface area (Å²) >= 11 is 0. The predicted molar refractivity (Wildman–Crippen MR) is 142 cm³/mol. The maximum atomic E-state index is 13.5. The lowest BCUT2D eigenvalue weighted by Gasteiger charge is -2.53. The molecule has 0 amide bonds. The topological polar surface area (TPSA) is 86.8 Å². The van der Waals surface area contributed by atoms with E-state index in [0.29, 0.717) is 24.8 Å². The molecule has 200 valence electrons. The lowest BCUT2D eigenvalue weighted by Crippen LogP contribution is -2.51. The molecule has 1 aromatic heterocycles. The van der Waals surface area contributed by atoms with Gasteiger partial charge in [0.2, 0.25) is 0 Å². The second-order valence-corrected chi connectivity index (χ2v) is 10.8. The summed E-state index contributed by atoms with van der Waals surface area (Å²) in [6, 6.07) is 8.86. The van der Waals surface area contributed by atoms with Crippen molar-refractivity contribution in [1.29, 1.82) is 0 Å². The number of rotatable bonds is 13. The molecule has 37 heavy (non-hydrogen) atoms. The highest BCUT2D eigenvalue weighted by atomic mass is 16.9. The minimum Gasteiger partial charge on any atom is -0.461 e. The van der Waals surface area contributed by atoms with Crippen LogP contribution in [0.15, 0.2) is 30.3 Å². The summed E-state index contributed by atoms with van der Waals surface area (Å²) in [4.78, 5) is 30.7. The zero-order valence-corrected chi connectivity index (χ0v) is 22.0. The monoisotopic (exact) mass is 509 g/mol. The first-order valence-electron chi connectivity index (χ1n) is 14.1. The smallest absolute Gasteiger partial charge is 0.355 e. The molecule has 0 aliphatic carbocycles. The normalized spacial score (nSPS) is 22.4. The standard InChI is InChI=1S/C29H39N3O5/c1-2-29-16-12-17-30-18-15-23-22-13-8-9-14-24(22)31(26(23)27(29)30)25(21-29)28(33)36-19-10-6-4-3-5-7-11-20-37-32(34)35/h8-9,13-14,21,27H,2-7,10-12,15-20H2,1H3/t27-,29+/m1/s1. The van der Waals surface area contributed by atoms with E-state index in [4.69, 9.17) is 4.74 Å². The van der Waals surface area contributed by atoms with E-state index in [9.17, 15) is 14.9 Å². The van der Waals surface area contributed by atoms with Gasteiger partial charge in [0.05, 0.1) is 24.8 Å². The van der Waals surface area contributed by atoms with Crippen LogP contribution in [-0.2, 0) is 20.8 Å². The largest absolute Gasteiger partial charge is 0.461 e. The fraction of sp³-hybridized carbons (Fsp3) is 0.621. The van der Waals surface area contributed by atoms with E-state index in [0.717, 1.165) is 76.4 Å². The number of carbonyl (C=O) groups excluding carboxylic acids is 1. The van der Waals surface area contributed by atoms with Crippen molar-refractivity contribution in [3.63, 3.8) is 0 Å². The molecular weight excluding hydrogens is 470 g/mol. The Morgan fingerprint density at radius 2 is 1.81 bits per heavy atom. The molecule has 0 radical (unpaired) electrons. The quantitative estimate of drug-likeness (QED) is 0.141. The van der Waals surface area contributed by atoms with Gasteiger partial charge in [-0.15, -0.1) is 10.1 Å². The second-order valence-electron chi connectivity index (χ2n) is 10.8. The average Bonchev–Trinajstić information content (AvgIpc) is 3.25. The van der Waals surface area contributed by atoms with Crippen molar-refractivity contribution in [3.8, 4) is 0 Å². The van der Waals surface area contributed by atoms with Gasteiger partial charge in [0.25, 0.3) is 5.09 Å². The number of unbranched alkanes of at least 4 members (excludes halogenated alkanes) is 6. The number of nitrogens with zero attached hydrogens (tertiary/aromatic N) is 3. The third-order valence-electron chi connectivity index (χ3n) is 8.68. The first-order valence-corrected chi connectivity index (χ1v) is 14.1. The number of hydrogen-bond donors (Lipinski definition) is 0. The van der Waals surface area contributed by atoms with E-state index in [-0.39, 0.29) is 18.0 Å². The van der Waals surface area contributed by atoms with Gasteiger partial charge in [-0.2, -0.15) is 0 Å². The predicted octanol–water partition coefficient (Wildman–Crippen LogP) is 6.07. The highest BCUT2D eigenvalue weighted by Crippen LogP contribution is 2.57. The van der Waals surface area contributed by atoms with E-state index in [2.05, 4.69) is 51.6 Å². The van der Waals surface area contributed by atoms with E-state index in [1.165, 1.54) is 23.1 Å². The first kappa shape index (κ1) is 25.8. The summed E-state index contributed by atoms with van der Waals surface area (Å²) in [7, 11) is 0. The zero-order valence-electron chi connectivity index (χ0n) is 22.0. The third kappa shape index (κ3) is 5.00. The van der Waals surface area contributed by atoms with E-state index in [1.807, 2.05) is 0 Å². The van der Waals surface area contributed by atoms with Gasteiger partial charge >= 0.3 is 5.97 Å². The van der Waals surface area contributed by atoms with Gasteiger partial charge in [0, 0.05) is 23.0 Å². The minimum atomic E-state index is -0.734. The average molecular weight is 510 g/mol. The van der Waals surface area contributed by atoms with Crippen LogP contribution < -0.4 is 0 Å². The van der Waals surface area contributed by atoms with Gasteiger partial charge < -0.3 is 14.1 Å². The number of piperidine rings is 1. The van der Waals surface area contributed by atoms with Gasteiger partial charge in [-0.05, 0) is 62.8 Å². The van der Waals surface area contributed by atoms with Crippen molar-refractivity contribution in [3.05, 3.63) is 51.7 Å². The summed E-state index contributed by atoms with van der Waals surface area (Å²) in [5.74, 6) is -0.205. The maximum absolute atomic E-state index is 13.5. The molecule has 5 rings (SSSR count). The highest BCUT2D eigenvalue weighted by molar-refractivity contribution is 6.13. The molecule has 3 aliphatic heterocycles. The molecule has 0 saturated carbocycles. The molecule has 0 spiro atoms. The number of benzene rings is 1. The van der Waals surface area contributed by atoms with Crippen LogP contribution in [-0.4, -0.2) is 46.8 Å². The van der Waals surface area contributed by atoms with Crippen LogP contribution in [0.5, 0.6) is 0 Å². The Balaban J connectivity index is 1.23. The van der Waals surface area contributed by atoms with Gasteiger partial charge in [-0.1, -0.05) is 57.2 Å².